The number of amides is 1. The Labute approximate surface area is 251 Å². The molecule has 0 unspecified atom stereocenters. The minimum Gasteiger partial charge on any atom is -0.395 e. The van der Waals surface area contributed by atoms with Crippen molar-refractivity contribution in [1.82, 2.24) is 25.6 Å². The molecular formula is C32H36N6O4S. The molecule has 1 aliphatic heterocycles. The van der Waals surface area contributed by atoms with Crippen molar-refractivity contribution < 1.29 is 18.3 Å². The van der Waals surface area contributed by atoms with E-state index < -0.39 is 28.1 Å². The number of piperazine rings is 1. The first-order valence-corrected chi connectivity index (χ1v) is 16.2. The van der Waals surface area contributed by atoms with Gasteiger partial charge in [0.2, 0.25) is 0 Å². The van der Waals surface area contributed by atoms with Crippen LogP contribution in [0.15, 0.2) is 53.6 Å². The van der Waals surface area contributed by atoms with Gasteiger partial charge in [-0.1, -0.05) is 6.07 Å². The normalized spacial score (nSPS) is 16.0. The molecule has 1 amide bonds. The number of fused-ring (bicyclic) bond motifs is 1. The number of anilines is 1. The number of pyridine rings is 3. The van der Waals surface area contributed by atoms with E-state index in [0.29, 0.717) is 11.3 Å². The lowest BCUT2D eigenvalue weighted by molar-refractivity contribution is 0.0950. The van der Waals surface area contributed by atoms with E-state index in [9.17, 15) is 13.2 Å². The molecule has 6 rings (SSSR count). The Balaban J connectivity index is 1.23. The summed E-state index contributed by atoms with van der Waals surface area (Å²) < 4.78 is 25.0. The van der Waals surface area contributed by atoms with Crippen LogP contribution in [-0.4, -0.2) is 71.9 Å². The molecule has 1 spiro atoms. The Kier molecular flexibility index (Phi) is 7.66. The molecule has 2 fully saturated rings. The van der Waals surface area contributed by atoms with Gasteiger partial charge >= 0.3 is 0 Å². The smallest absolute Gasteiger partial charge is 0.251 e. The number of hydrogen-bond acceptors (Lipinski definition) is 9. The van der Waals surface area contributed by atoms with Crippen LogP contribution in [0.3, 0.4) is 0 Å². The van der Waals surface area contributed by atoms with Crippen LogP contribution in [0, 0.1) is 20.8 Å². The van der Waals surface area contributed by atoms with Crippen molar-refractivity contribution in [2.24, 2.45) is 0 Å². The Morgan fingerprint density at radius 1 is 1.07 bits per heavy atom. The van der Waals surface area contributed by atoms with Crippen LogP contribution >= 0.6 is 0 Å². The van der Waals surface area contributed by atoms with Crippen molar-refractivity contribution in [2.45, 2.75) is 50.6 Å². The second-order valence-corrected chi connectivity index (χ2v) is 13.7. The molecule has 1 saturated heterocycles. The third-order valence-electron chi connectivity index (χ3n) is 8.52. The summed E-state index contributed by atoms with van der Waals surface area (Å²) in [7, 11) is -3.69. The van der Waals surface area contributed by atoms with Gasteiger partial charge in [0.1, 0.15) is 5.82 Å². The highest BCUT2D eigenvalue weighted by Crippen LogP contribution is 2.39. The van der Waals surface area contributed by atoms with Crippen molar-refractivity contribution >= 4 is 32.5 Å². The van der Waals surface area contributed by atoms with E-state index in [-0.39, 0.29) is 22.5 Å². The van der Waals surface area contributed by atoms with E-state index in [0.717, 1.165) is 53.3 Å². The number of hydrogen-bond donors (Lipinski definition) is 3. The number of carbonyl (C=O) groups excluding carboxylic acids is 1. The highest BCUT2D eigenvalue weighted by Gasteiger charge is 2.45. The minimum atomic E-state index is -3.69. The Morgan fingerprint density at radius 3 is 2.65 bits per heavy atom. The largest absolute Gasteiger partial charge is 0.395 e. The van der Waals surface area contributed by atoms with Crippen LogP contribution in [0.1, 0.15) is 45.6 Å². The van der Waals surface area contributed by atoms with Crippen LogP contribution in [0.25, 0.3) is 22.3 Å². The number of sulfone groups is 1. The van der Waals surface area contributed by atoms with Gasteiger partial charge in [0.05, 0.1) is 46.4 Å². The summed E-state index contributed by atoms with van der Waals surface area (Å²) in [4.78, 5) is 29.9. The third-order valence-corrected chi connectivity index (χ3v) is 10.3. The first kappa shape index (κ1) is 29.2. The van der Waals surface area contributed by atoms with E-state index in [4.69, 9.17) is 15.1 Å². The molecule has 3 aromatic heterocycles. The summed E-state index contributed by atoms with van der Waals surface area (Å²) >= 11 is 0. The van der Waals surface area contributed by atoms with Crippen LogP contribution in [-0.2, 0) is 16.4 Å². The molecule has 1 aromatic carbocycles. The average Bonchev–Trinajstić information content (AvgIpc) is 3.74. The second kappa shape index (κ2) is 11.3. The summed E-state index contributed by atoms with van der Waals surface area (Å²) in [6.45, 7) is 8.36. The molecule has 10 nitrogen and oxygen atoms in total. The predicted octanol–water partition coefficient (Wildman–Crippen LogP) is 3.26. The number of benzene rings is 1. The molecule has 11 heteroatoms. The number of rotatable bonds is 8. The predicted molar refractivity (Wildman–Crippen MR) is 166 cm³/mol. The first-order valence-electron chi connectivity index (χ1n) is 14.5. The second-order valence-electron chi connectivity index (χ2n) is 11.7. The molecular weight excluding hydrogens is 564 g/mol. The SMILES string of the molecule is Cc1ccc(C(=O)NCc2cc3nc(-c4nc(N5CCNC6(CC6)C5)cc(C)c4C)ccc3cn2)cc1S(=O)(=O)CCO. The zero-order valence-electron chi connectivity index (χ0n) is 24.6. The fourth-order valence-electron chi connectivity index (χ4n) is 5.63. The van der Waals surface area contributed by atoms with Crippen molar-refractivity contribution in [3.63, 3.8) is 0 Å². The van der Waals surface area contributed by atoms with Crippen molar-refractivity contribution in [2.75, 3.05) is 36.9 Å². The number of carbonyl (C=O) groups is 1. The fraction of sp³-hybridized carbons (Fsp3) is 0.375. The number of aromatic nitrogens is 3. The van der Waals surface area contributed by atoms with Crippen LogP contribution in [0.5, 0.6) is 0 Å². The zero-order chi connectivity index (χ0) is 30.4. The standard InChI is InChI=1S/C32H36N6O4S/c1-20-4-5-23(15-28(20)43(41,42)13-12-39)31(40)34-18-25-16-27-24(17-33-25)6-7-26(36-27)30-22(3)21(2)14-29(37-30)38-11-10-35-32(19-38)8-9-32/h4-7,14-17,35,39H,8-13,18-19H2,1-3H3,(H,34,40). The highest BCUT2D eigenvalue weighted by atomic mass is 32.2. The molecule has 0 radical (unpaired) electrons. The summed E-state index contributed by atoms with van der Waals surface area (Å²) in [5, 5.41) is 16.5. The van der Waals surface area contributed by atoms with Gasteiger partial charge in [0.15, 0.2) is 9.84 Å². The summed E-state index contributed by atoms with van der Waals surface area (Å²) in [5.41, 5.74) is 6.26. The number of nitrogens with one attached hydrogen (secondary N) is 2. The topological polar surface area (TPSA) is 137 Å². The third kappa shape index (κ3) is 5.97. The number of aryl methyl sites for hydroxylation is 2. The van der Waals surface area contributed by atoms with Gasteiger partial charge in [-0.05, 0) is 86.7 Å². The molecule has 0 bridgehead atoms. The molecule has 4 aromatic rings. The summed E-state index contributed by atoms with van der Waals surface area (Å²) in [5.74, 6) is 0.163. The van der Waals surface area contributed by atoms with E-state index in [1.807, 2.05) is 18.2 Å². The van der Waals surface area contributed by atoms with Gasteiger partial charge in [0, 0.05) is 42.3 Å². The lowest BCUT2D eigenvalue weighted by atomic mass is 10.0. The maximum atomic E-state index is 12.9. The van der Waals surface area contributed by atoms with E-state index >= 15 is 0 Å². The van der Waals surface area contributed by atoms with Gasteiger partial charge in [-0.15, -0.1) is 0 Å². The Bertz CT molecular complexity index is 1840. The van der Waals surface area contributed by atoms with Crippen molar-refractivity contribution in [3.05, 3.63) is 76.6 Å². The van der Waals surface area contributed by atoms with Crippen molar-refractivity contribution in [3.8, 4) is 11.4 Å². The molecule has 43 heavy (non-hydrogen) atoms. The average molecular weight is 601 g/mol. The van der Waals surface area contributed by atoms with Crippen LogP contribution in [0.4, 0.5) is 5.82 Å². The Morgan fingerprint density at radius 2 is 1.88 bits per heavy atom. The summed E-state index contributed by atoms with van der Waals surface area (Å²) in [6, 6.07) is 12.5. The van der Waals surface area contributed by atoms with Gasteiger partial charge in [-0.3, -0.25) is 9.78 Å². The first-order chi connectivity index (χ1) is 20.6. The van der Waals surface area contributed by atoms with E-state index in [2.05, 4.69) is 40.4 Å². The lowest BCUT2D eigenvalue weighted by Crippen LogP contribution is -2.52. The maximum Gasteiger partial charge on any atom is 0.251 e. The molecule has 2 aliphatic rings. The number of nitrogens with zero attached hydrogens (tertiary/aromatic N) is 4. The molecule has 1 saturated carbocycles. The van der Waals surface area contributed by atoms with E-state index in [1.54, 1.807) is 25.3 Å². The number of aliphatic hydroxyl groups is 1. The minimum absolute atomic E-state index is 0.0435. The van der Waals surface area contributed by atoms with Crippen molar-refractivity contribution in [1.29, 1.82) is 0 Å². The molecule has 3 N–H and O–H groups in total. The highest BCUT2D eigenvalue weighted by molar-refractivity contribution is 7.91. The molecule has 224 valence electrons. The summed E-state index contributed by atoms with van der Waals surface area (Å²) in [6.07, 6.45) is 4.16. The van der Waals surface area contributed by atoms with Gasteiger partial charge in [-0.2, -0.15) is 0 Å². The molecule has 4 heterocycles. The number of aliphatic hydroxyl groups excluding tert-OH is 1. The van der Waals surface area contributed by atoms with Gasteiger partial charge in [0.25, 0.3) is 5.91 Å². The molecule has 0 atom stereocenters. The fourth-order valence-corrected chi connectivity index (χ4v) is 6.96. The zero-order valence-corrected chi connectivity index (χ0v) is 25.5. The van der Waals surface area contributed by atoms with Gasteiger partial charge < -0.3 is 20.6 Å². The molecule has 1 aliphatic carbocycles. The quantitative estimate of drug-likeness (QED) is 0.278. The van der Waals surface area contributed by atoms with Crippen LogP contribution in [0.2, 0.25) is 0 Å². The van der Waals surface area contributed by atoms with E-state index in [1.165, 1.54) is 24.5 Å². The maximum absolute atomic E-state index is 12.9. The monoisotopic (exact) mass is 600 g/mol. The Hall–Kier alpha value is -3.93. The van der Waals surface area contributed by atoms with Gasteiger partial charge in [-0.25, -0.2) is 18.4 Å². The van der Waals surface area contributed by atoms with Crippen LogP contribution < -0.4 is 15.5 Å². The lowest BCUT2D eigenvalue weighted by Gasteiger charge is -2.35.